The third-order valence-electron chi connectivity index (χ3n) is 3.84. The number of esters is 1. The van der Waals surface area contributed by atoms with E-state index < -0.39 is 12.0 Å². The van der Waals surface area contributed by atoms with Gasteiger partial charge in [-0.3, -0.25) is 4.79 Å². The number of halogens is 1. The predicted molar refractivity (Wildman–Crippen MR) is 101 cm³/mol. The maximum absolute atomic E-state index is 11.4. The summed E-state index contributed by atoms with van der Waals surface area (Å²) < 4.78 is 15.5. The van der Waals surface area contributed by atoms with Crippen molar-refractivity contribution in [2.75, 3.05) is 21.3 Å². The molecule has 0 aromatic heterocycles. The molecule has 0 bridgehead atoms. The lowest BCUT2D eigenvalue weighted by molar-refractivity contribution is -0.142. The molecule has 2 N–H and O–H groups in total. The molecule has 0 aliphatic rings. The normalized spacial score (nSPS) is 10.9. The minimum absolute atomic E-state index is 0. The molecule has 138 valence electrons. The molecule has 2 aromatic carbocycles. The molecule has 1 atom stereocenters. The van der Waals surface area contributed by atoms with Gasteiger partial charge in [0.15, 0.2) is 0 Å². The molecule has 2 aromatic rings. The minimum atomic E-state index is -0.699. The zero-order valence-electron chi connectivity index (χ0n) is 14.8. The van der Waals surface area contributed by atoms with E-state index in [1.807, 2.05) is 24.3 Å². The van der Waals surface area contributed by atoms with Crippen molar-refractivity contribution in [3.05, 3.63) is 47.5 Å². The van der Waals surface area contributed by atoms with Crippen molar-refractivity contribution in [2.45, 2.75) is 12.5 Å². The summed E-state index contributed by atoms with van der Waals surface area (Å²) in [6, 6.07) is 12.3. The first-order valence-electron chi connectivity index (χ1n) is 7.62. The molecule has 0 aliphatic carbocycles. The zero-order chi connectivity index (χ0) is 18.4. The van der Waals surface area contributed by atoms with Gasteiger partial charge in [-0.05, 0) is 29.7 Å². The van der Waals surface area contributed by atoms with Gasteiger partial charge in [0, 0.05) is 0 Å². The molecule has 0 fully saturated rings. The van der Waals surface area contributed by atoms with E-state index in [2.05, 4.69) is 10.8 Å². The van der Waals surface area contributed by atoms with Gasteiger partial charge in [-0.15, -0.1) is 12.4 Å². The maximum atomic E-state index is 11.4. The van der Waals surface area contributed by atoms with E-state index >= 15 is 0 Å². The van der Waals surface area contributed by atoms with Gasteiger partial charge in [-0.2, -0.15) is 5.26 Å². The molecule has 0 saturated carbocycles. The smallest absolute Gasteiger partial charge is 0.322 e. The number of nitrogens with zero attached hydrogens (tertiary/aromatic N) is 1. The van der Waals surface area contributed by atoms with Crippen molar-refractivity contribution in [1.82, 2.24) is 0 Å². The Kier molecular flexibility index (Phi) is 7.91. The third-order valence-corrected chi connectivity index (χ3v) is 3.84. The van der Waals surface area contributed by atoms with E-state index in [1.165, 1.54) is 7.11 Å². The van der Waals surface area contributed by atoms with Crippen LogP contribution in [0.1, 0.15) is 11.1 Å². The Morgan fingerprint density at radius 2 is 1.65 bits per heavy atom. The van der Waals surface area contributed by atoms with Crippen molar-refractivity contribution in [3.63, 3.8) is 0 Å². The first-order valence-corrected chi connectivity index (χ1v) is 7.62. The molecule has 0 heterocycles. The first-order chi connectivity index (χ1) is 12.0. The Bertz CT molecular complexity index is 775. The Morgan fingerprint density at radius 3 is 2.08 bits per heavy atom. The van der Waals surface area contributed by atoms with Crippen LogP contribution < -0.4 is 15.2 Å². The largest absolute Gasteiger partial charge is 0.496 e. The number of hydrogen-bond acceptors (Lipinski definition) is 6. The van der Waals surface area contributed by atoms with Crippen LogP contribution in [0.3, 0.4) is 0 Å². The summed E-state index contributed by atoms with van der Waals surface area (Å²) in [6.45, 7) is 0. The maximum Gasteiger partial charge on any atom is 0.322 e. The van der Waals surface area contributed by atoms with Crippen molar-refractivity contribution in [3.8, 4) is 28.7 Å². The number of nitriles is 1. The Hall–Kier alpha value is -2.75. The Morgan fingerprint density at radius 1 is 1.12 bits per heavy atom. The van der Waals surface area contributed by atoms with Crippen LogP contribution in [0.25, 0.3) is 11.1 Å². The minimum Gasteiger partial charge on any atom is -0.496 e. The fourth-order valence-corrected chi connectivity index (χ4v) is 2.56. The molecular formula is C19H21ClN2O4. The van der Waals surface area contributed by atoms with E-state index in [0.29, 0.717) is 23.5 Å². The van der Waals surface area contributed by atoms with Crippen molar-refractivity contribution >= 4 is 18.4 Å². The van der Waals surface area contributed by atoms with Crippen LogP contribution in [-0.4, -0.2) is 33.3 Å². The topological polar surface area (TPSA) is 94.6 Å². The number of carbonyl (C=O) groups excluding carboxylic acids is 1. The van der Waals surface area contributed by atoms with Crippen LogP contribution in [0.2, 0.25) is 0 Å². The number of hydrogen-bond donors (Lipinski definition) is 1. The van der Waals surface area contributed by atoms with Gasteiger partial charge in [0.25, 0.3) is 0 Å². The van der Waals surface area contributed by atoms with Gasteiger partial charge in [-0.1, -0.05) is 24.3 Å². The fourth-order valence-electron chi connectivity index (χ4n) is 2.56. The molecule has 2 rings (SSSR count). The SMILES string of the molecule is COC(=O)[C@@H](N)Cc1ccc(-c2c(OC)cc(C#N)cc2OC)cc1.Cl. The fraction of sp³-hybridized carbons (Fsp3) is 0.263. The summed E-state index contributed by atoms with van der Waals surface area (Å²) in [4.78, 5) is 11.4. The summed E-state index contributed by atoms with van der Waals surface area (Å²) in [5.74, 6) is 0.657. The molecule has 0 unspecified atom stereocenters. The number of nitrogens with two attached hydrogens (primary N) is 1. The highest BCUT2D eigenvalue weighted by molar-refractivity contribution is 5.85. The van der Waals surface area contributed by atoms with Crippen molar-refractivity contribution in [1.29, 1.82) is 5.26 Å². The molecule has 0 saturated heterocycles. The van der Waals surface area contributed by atoms with Gasteiger partial charge in [0.05, 0.1) is 38.5 Å². The molecule has 6 nitrogen and oxygen atoms in total. The van der Waals surface area contributed by atoms with Crippen LogP contribution in [0.5, 0.6) is 11.5 Å². The van der Waals surface area contributed by atoms with Crippen LogP contribution in [-0.2, 0) is 16.0 Å². The number of carbonyl (C=O) groups is 1. The van der Waals surface area contributed by atoms with Gasteiger partial charge >= 0.3 is 5.97 Å². The van der Waals surface area contributed by atoms with Crippen molar-refractivity contribution in [2.24, 2.45) is 5.73 Å². The van der Waals surface area contributed by atoms with E-state index in [4.69, 9.17) is 20.5 Å². The Labute approximate surface area is 158 Å². The zero-order valence-corrected chi connectivity index (χ0v) is 15.6. The molecule has 7 heteroatoms. The molecule has 26 heavy (non-hydrogen) atoms. The van der Waals surface area contributed by atoms with E-state index in [9.17, 15) is 4.79 Å². The van der Waals surface area contributed by atoms with E-state index in [-0.39, 0.29) is 12.4 Å². The molecule has 0 radical (unpaired) electrons. The lowest BCUT2D eigenvalue weighted by Gasteiger charge is -2.15. The second-order valence-corrected chi connectivity index (χ2v) is 5.40. The third kappa shape index (κ3) is 4.66. The van der Waals surface area contributed by atoms with E-state index in [0.717, 1.165) is 16.7 Å². The van der Waals surface area contributed by atoms with Crippen molar-refractivity contribution < 1.29 is 19.0 Å². The van der Waals surface area contributed by atoms with Gasteiger partial charge < -0.3 is 19.9 Å². The van der Waals surface area contributed by atoms with Crippen LogP contribution in [0, 0.1) is 11.3 Å². The molecule has 0 aliphatic heterocycles. The highest BCUT2D eigenvalue weighted by Gasteiger charge is 2.17. The van der Waals surface area contributed by atoms with E-state index in [1.54, 1.807) is 26.4 Å². The molecule has 0 spiro atoms. The van der Waals surface area contributed by atoms with Crippen LogP contribution >= 0.6 is 12.4 Å². The summed E-state index contributed by atoms with van der Waals surface area (Å²) >= 11 is 0. The lowest BCUT2D eigenvalue weighted by Crippen LogP contribution is -2.33. The van der Waals surface area contributed by atoms with Crippen LogP contribution in [0.4, 0.5) is 0 Å². The second-order valence-electron chi connectivity index (χ2n) is 5.40. The number of benzene rings is 2. The van der Waals surface area contributed by atoms with Gasteiger partial charge in [-0.25, -0.2) is 0 Å². The molecule has 0 amide bonds. The quantitative estimate of drug-likeness (QED) is 0.779. The lowest BCUT2D eigenvalue weighted by atomic mass is 9.98. The standard InChI is InChI=1S/C19H20N2O4.ClH/c1-23-16-9-13(11-20)10-17(24-2)18(16)14-6-4-12(5-7-14)8-15(21)19(22)25-3;/h4-7,9-10,15H,8,21H2,1-3H3;1H/t15-;/m0./s1. The predicted octanol–water partition coefficient (Wildman–Crippen LogP) is 2.71. The van der Waals surface area contributed by atoms with Crippen LogP contribution in [0.15, 0.2) is 36.4 Å². The number of methoxy groups -OCH3 is 3. The summed E-state index contributed by atoms with van der Waals surface area (Å²) in [5, 5.41) is 9.11. The summed E-state index contributed by atoms with van der Waals surface area (Å²) in [7, 11) is 4.40. The number of rotatable bonds is 6. The summed E-state index contributed by atoms with van der Waals surface area (Å²) in [5.41, 5.74) is 8.78. The summed E-state index contributed by atoms with van der Waals surface area (Å²) in [6.07, 6.45) is 0.384. The molecular weight excluding hydrogens is 356 g/mol. The first kappa shape index (κ1) is 21.3. The number of ether oxygens (including phenoxy) is 3. The van der Waals surface area contributed by atoms with Gasteiger partial charge in [0.1, 0.15) is 17.5 Å². The Balaban J connectivity index is 0.00000338. The highest BCUT2D eigenvalue weighted by Crippen LogP contribution is 2.39. The van der Waals surface area contributed by atoms with Gasteiger partial charge in [0.2, 0.25) is 0 Å². The highest BCUT2D eigenvalue weighted by atomic mass is 35.5. The monoisotopic (exact) mass is 376 g/mol. The second kappa shape index (κ2) is 9.66. The average molecular weight is 377 g/mol. The average Bonchev–Trinajstić information content (AvgIpc) is 2.66.